The molecule has 0 saturated heterocycles. The molecule has 1 aliphatic rings. The fraction of sp³-hybridized carbons (Fsp3) is 1.00. The summed E-state index contributed by atoms with van der Waals surface area (Å²) in [6.45, 7) is 4.65. The van der Waals surface area contributed by atoms with E-state index in [1.54, 1.807) is 0 Å². The molecule has 0 aromatic carbocycles. The van der Waals surface area contributed by atoms with Crippen molar-refractivity contribution in [1.29, 1.82) is 0 Å². The first-order valence-corrected chi connectivity index (χ1v) is 8.21. The standard InChI is InChI=1S/C16H31F3N2/c1-4-13-6-8-14(9-7-13)21(3)15(2,12-20)10-5-11-16(17,18)19/h13-14H,4-12,20H2,1-3H3. The fourth-order valence-electron chi connectivity index (χ4n) is 3.47. The van der Waals surface area contributed by atoms with Gasteiger partial charge in [-0.2, -0.15) is 13.2 Å². The molecule has 0 spiro atoms. The summed E-state index contributed by atoms with van der Waals surface area (Å²) in [6, 6.07) is 0.465. The van der Waals surface area contributed by atoms with Crippen LogP contribution in [0.2, 0.25) is 0 Å². The maximum atomic E-state index is 12.3. The van der Waals surface area contributed by atoms with Crippen LogP contribution >= 0.6 is 0 Å². The summed E-state index contributed by atoms with van der Waals surface area (Å²) in [4.78, 5) is 2.26. The number of nitrogens with zero attached hydrogens (tertiary/aromatic N) is 1. The van der Waals surface area contributed by atoms with Crippen LogP contribution in [0.1, 0.15) is 65.2 Å². The number of likely N-dealkylation sites (N-methyl/N-ethyl adjacent to an activating group) is 1. The van der Waals surface area contributed by atoms with Crippen molar-refractivity contribution in [3.05, 3.63) is 0 Å². The molecule has 5 heteroatoms. The second-order valence-corrected chi connectivity index (χ2v) is 6.86. The third-order valence-electron chi connectivity index (χ3n) is 5.41. The molecule has 21 heavy (non-hydrogen) atoms. The predicted molar refractivity (Wildman–Crippen MR) is 81.2 cm³/mol. The van der Waals surface area contributed by atoms with Crippen molar-refractivity contribution in [1.82, 2.24) is 4.90 Å². The number of alkyl halides is 3. The van der Waals surface area contributed by atoms with Gasteiger partial charge < -0.3 is 5.73 Å². The van der Waals surface area contributed by atoms with Crippen molar-refractivity contribution in [2.24, 2.45) is 11.7 Å². The van der Waals surface area contributed by atoms with Gasteiger partial charge >= 0.3 is 6.18 Å². The minimum atomic E-state index is -4.06. The van der Waals surface area contributed by atoms with Crippen LogP contribution in [0.5, 0.6) is 0 Å². The summed E-state index contributed by atoms with van der Waals surface area (Å²) >= 11 is 0. The molecule has 1 unspecified atom stereocenters. The Morgan fingerprint density at radius 1 is 1.10 bits per heavy atom. The summed E-state index contributed by atoms with van der Waals surface area (Å²) in [7, 11) is 2.04. The molecule has 0 amide bonds. The van der Waals surface area contributed by atoms with Gasteiger partial charge in [-0.3, -0.25) is 4.90 Å². The summed E-state index contributed by atoms with van der Waals surface area (Å²) < 4.78 is 37.0. The van der Waals surface area contributed by atoms with Gasteiger partial charge in [0.2, 0.25) is 0 Å². The van der Waals surface area contributed by atoms with E-state index >= 15 is 0 Å². The Labute approximate surface area is 127 Å². The van der Waals surface area contributed by atoms with Crippen molar-refractivity contribution in [3.8, 4) is 0 Å². The number of hydrogen-bond donors (Lipinski definition) is 1. The summed E-state index contributed by atoms with van der Waals surface area (Å²) in [5, 5.41) is 0. The molecule has 2 nitrogen and oxygen atoms in total. The molecule has 2 N–H and O–H groups in total. The van der Waals surface area contributed by atoms with E-state index < -0.39 is 12.6 Å². The predicted octanol–water partition coefficient (Wildman–Crippen LogP) is 4.34. The number of nitrogens with two attached hydrogens (primary N) is 1. The van der Waals surface area contributed by atoms with Gasteiger partial charge in [0.15, 0.2) is 0 Å². The molecule has 0 bridgehead atoms. The highest BCUT2D eigenvalue weighted by molar-refractivity contribution is 4.91. The maximum Gasteiger partial charge on any atom is 0.389 e. The first-order chi connectivity index (χ1) is 9.72. The van der Waals surface area contributed by atoms with Gasteiger partial charge in [-0.25, -0.2) is 0 Å². The molecule has 0 heterocycles. The lowest BCUT2D eigenvalue weighted by atomic mass is 9.81. The van der Waals surface area contributed by atoms with Crippen LogP contribution in [-0.4, -0.2) is 36.2 Å². The zero-order valence-electron chi connectivity index (χ0n) is 13.7. The third-order valence-corrected chi connectivity index (χ3v) is 5.41. The first-order valence-electron chi connectivity index (χ1n) is 8.21. The molecule has 0 aromatic rings. The summed E-state index contributed by atoms with van der Waals surface area (Å²) in [6.07, 6.45) is 1.87. The van der Waals surface area contributed by atoms with E-state index in [4.69, 9.17) is 5.73 Å². The van der Waals surface area contributed by atoms with Crippen LogP contribution < -0.4 is 5.73 Å². The van der Waals surface area contributed by atoms with Gasteiger partial charge in [0.05, 0.1) is 0 Å². The Balaban J connectivity index is 2.52. The lowest BCUT2D eigenvalue weighted by Gasteiger charge is -2.45. The van der Waals surface area contributed by atoms with Crippen LogP contribution in [0.3, 0.4) is 0 Å². The zero-order valence-corrected chi connectivity index (χ0v) is 13.7. The monoisotopic (exact) mass is 308 g/mol. The Hall–Kier alpha value is -0.290. The van der Waals surface area contributed by atoms with Crippen LogP contribution in [-0.2, 0) is 0 Å². The molecule has 1 atom stereocenters. The van der Waals surface area contributed by atoms with Crippen molar-refractivity contribution in [3.63, 3.8) is 0 Å². The first kappa shape index (κ1) is 18.8. The molecule has 1 rings (SSSR count). The number of hydrogen-bond acceptors (Lipinski definition) is 2. The average molecular weight is 308 g/mol. The Kier molecular flexibility index (Phi) is 6.98. The summed E-state index contributed by atoms with van der Waals surface area (Å²) in [5.74, 6) is 0.823. The maximum absolute atomic E-state index is 12.3. The fourth-order valence-corrected chi connectivity index (χ4v) is 3.47. The largest absolute Gasteiger partial charge is 0.389 e. The van der Waals surface area contributed by atoms with Crippen LogP contribution in [0.25, 0.3) is 0 Å². The Morgan fingerprint density at radius 2 is 1.67 bits per heavy atom. The van der Waals surface area contributed by atoms with Gasteiger partial charge in [-0.1, -0.05) is 13.3 Å². The molecule has 1 aliphatic carbocycles. The second-order valence-electron chi connectivity index (χ2n) is 6.86. The molecular formula is C16H31F3N2. The summed E-state index contributed by atoms with van der Waals surface area (Å²) in [5.41, 5.74) is 5.57. The molecule has 0 aromatic heterocycles. The normalized spacial score (nSPS) is 26.9. The topological polar surface area (TPSA) is 29.3 Å². The molecule has 1 fully saturated rings. The minimum Gasteiger partial charge on any atom is -0.329 e. The molecular weight excluding hydrogens is 277 g/mol. The van der Waals surface area contributed by atoms with Crippen molar-refractivity contribution in [2.45, 2.75) is 83.0 Å². The Morgan fingerprint density at radius 3 is 2.10 bits per heavy atom. The smallest absolute Gasteiger partial charge is 0.329 e. The van der Waals surface area contributed by atoms with E-state index in [0.717, 1.165) is 18.8 Å². The molecule has 126 valence electrons. The van der Waals surface area contributed by atoms with Crippen molar-refractivity contribution < 1.29 is 13.2 Å². The van der Waals surface area contributed by atoms with Crippen LogP contribution in [0.4, 0.5) is 13.2 Å². The van der Waals surface area contributed by atoms with E-state index in [2.05, 4.69) is 11.8 Å². The highest BCUT2D eigenvalue weighted by atomic mass is 19.4. The van der Waals surface area contributed by atoms with E-state index in [9.17, 15) is 13.2 Å². The number of rotatable bonds is 7. The van der Waals surface area contributed by atoms with E-state index in [-0.39, 0.29) is 12.0 Å². The SMILES string of the molecule is CCC1CCC(N(C)C(C)(CN)CCCC(F)(F)F)CC1. The second kappa shape index (κ2) is 7.82. The van der Waals surface area contributed by atoms with Crippen LogP contribution in [0.15, 0.2) is 0 Å². The van der Waals surface area contributed by atoms with E-state index in [0.29, 0.717) is 19.0 Å². The molecule has 0 radical (unpaired) electrons. The van der Waals surface area contributed by atoms with Gasteiger partial charge in [-0.15, -0.1) is 0 Å². The highest BCUT2D eigenvalue weighted by Crippen LogP contribution is 2.34. The zero-order chi connectivity index (χ0) is 16.1. The molecule has 1 saturated carbocycles. The van der Waals surface area contributed by atoms with Crippen molar-refractivity contribution in [2.75, 3.05) is 13.6 Å². The van der Waals surface area contributed by atoms with E-state index in [1.807, 2.05) is 14.0 Å². The van der Waals surface area contributed by atoms with Gasteiger partial charge in [0.25, 0.3) is 0 Å². The number of halogens is 3. The lowest BCUT2D eigenvalue weighted by Crippen LogP contribution is -2.54. The average Bonchev–Trinajstić information content (AvgIpc) is 2.45. The van der Waals surface area contributed by atoms with Gasteiger partial charge in [-0.05, 0) is 58.4 Å². The minimum absolute atomic E-state index is 0.159. The quantitative estimate of drug-likeness (QED) is 0.758. The highest BCUT2D eigenvalue weighted by Gasteiger charge is 2.35. The lowest BCUT2D eigenvalue weighted by molar-refractivity contribution is -0.137. The van der Waals surface area contributed by atoms with Gasteiger partial charge in [0.1, 0.15) is 0 Å². The van der Waals surface area contributed by atoms with E-state index in [1.165, 1.54) is 19.3 Å². The molecule has 0 aliphatic heterocycles. The van der Waals surface area contributed by atoms with Crippen LogP contribution in [0, 0.1) is 5.92 Å². The van der Waals surface area contributed by atoms with Gasteiger partial charge in [0, 0.05) is 24.5 Å². The Bertz CT molecular complexity index is 298. The third kappa shape index (κ3) is 5.78. The van der Waals surface area contributed by atoms with Crippen molar-refractivity contribution >= 4 is 0 Å².